The first-order valence-electron chi connectivity index (χ1n) is 3.38. The SMILES string of the molecule is CC#CCCCCC(=O)O. The zero-order valence-electron chi connectivity index (χ0n) is 6.18. The lowest BCUT2D eigenvalue weighted by atomic mass is 10.2. The average Bonchev–Trinajstić information content (AvgIpc) is 1.87. The molecule has 0 heterocycles. The van der Waals surface area contributed by atoms with Crippen LogP contribution >= 0.6 is 0 Å². The van der Waals surface area contributed by atoms with E-state index in [0.29, 0.717) is 0 Å². The number of hydrogen-bond donors (Lipinski definition) is 1. The minimum Gasteiger partial charge on any atom is -0.481 e. The van der Waals surface area contributed by atoms with Gasteiger partial charge in [-0.15, -0.1) is 11.8 Å². The number of aliphatic carboxylic acids is 1. The summed E-state index contributed by atoms with van der Waals surface area (Å²) in [4.78, 5) is 10.00. The summed E-state index contributed by atoms with van der Waals surface area (Å²) in [5, 5.41) is 8.23. The van der Waals surface area contributed by atoms with Crippen LogP contribution in [-0.4, -0.2) is 11.1 Å². The number of carboxylic acid groups (broad SMARTS) is 1. The smallest absolute Gasteiger partial charge is 0.303 e. The Kier molecular flexibility index (Phi) is 5.56. The molecule has 0 aliphatic carbocycles. The molecule has 2 heteroatoms. The van der Waals surface area contributed by atoms with E-state index in [-0.39, 0.29) is 6.42 Å². The van der Waals surface area contributed by atoms with Gasteiger partial charge in [0, 0.05) is 12.8 Å². The van der Waals surface area contributed by atoms with Crippen molar-refractivity contribution in [3.63, 3.8) is 0 Å². The van der Waals surface area contributed by atoms with Gasteiger partial charge in [0.15, 0.2) is 0 Å². The molecule has 0 unspecified atom stereocenters. The van der Waals surface area contributed by atoms with Crippen LogP contribution in [0.2, 0.25) is 0 Å². The van der Waals surface area contributed by atoms with Crippen molar-refractivity contribution in [1.82, 2.24) is 0 Å². The standard InChI is InChI=1S/C8H12O2/c1-2-3-4-5-6-7-8(9)10/h4-7H2,1H3,(H,9,10). The maximum atomic E-state index is 10.00. The highest BCUT2D eigenvalue weighted by Gasteiger charge is 1.93. The molecule has 0 aromatic rings. The van der Waals surface area contributed by atoms with Gasteiger partial charge in [-0.1, -0.05) is 0 Å². The predicted molar refractivity (Wildman–Crippen MR) is 39.6 cm³/mol. The van der Waals surface area contributed by atoms with Gasteiger partial charge in [0.05, 0.1) is 0 Å². The second kappa shape index (κ2) is 6.15. The van der Waals surface area contributed by atoms with Crippen molar-refractivity contribution in [3.8, 4) is 11.8 Å². The fourth-order valence-corrected chi connectivity index (χ4v) is 0.615. The first-order valence-corrected chi connectivity index (χ1v) is 3.38. The predicted octanol–water partition coefficient (Wildman–Crippen LogP) is 1.65. The lowest BCUT2D eigenvalue weighted by molar-refractivity contribution is -0.137. The van der Waals surface area contributed by atoms with Crippen molar-refractivity contribution >= 4 is 5.97 Å². The highest BCUT2D eigenvalue weighted by atomic mass is 16.4. The molecule has 0 amide bonds. The molecule has 0 aliphatic heterocycles. The Morgan fingerprint density at radius 3 is 2.70 bits per heavy atom. The van der Waals surface area contributed by atoms with Gasteiger partial charge in [-0.05, 0) is 19.8 Å². The Bertz CT molecular complexity index is 150. The molecular formula is C8H12O2. The molecule has 0 radical (unpaired) electrons. The largest absolute Gasteiger partial charge is 0.481 e. The number of carbonyl (C=O) groups is 1. The van der Waals surface area contributed by atoms with E-state index < -0.39 is 5.97 Å². The highest BCUT2D eigenvalue weighted by molar-refractivity contribution is 5.66. The molecule has 0 aromatic heterocycles. The van der Waals surface area contributed by atoms with Crippen LogP contribution in [0.4, 0.5) is 0 Å². The summed E-state index contributed by atoms with van der Waals surface area (Å²) in [6.45, 7) is 1.79. The van der Waals surface area contributed by atoms with Crippen molar-refractivity contribution in [2.75, 3.05) is 0 Å². The van der Waals surface area contributed by atoms with Gasteiger partial charge in [0.1, 0.15) is 0 Å². The summed E-state index contributed by atoms with van der Waals surface area (Å²) in [5.74, 6) is 4.92. The molecular weight excluding hydrogens is 128 g/mol. The molecule has 0 spiro atoms. The summed E-state index contributed by atoms with van der Waals surface area (Å²) in [6.07, 6.45) is 2.73. The molecule has 2 nitrogen and oxygen atoms in total. The van der Waals surface area contributed by atoms with Gasteiger partial charge < -0.3 is 5.11 Å². The summed E-state index contributed by atoms with van der Waals surface area (Å²) in [7, 11) is 0. The maximum absolute atomic E-state index is 10.00. The van der Waals surface area contributed by atoms with Gasteiger partial charge in [-0.25, -0.2) is 0 Å². The molecule has 10 heavy (non-hydrogen) atoms. The molecule has 0 aliphatic rings. The van der Waals surface area contributed by atoms with Gasteiger partial charge in [-0.3, -0.25) is 4.79 Å². The van der Waals surface area contributed by atoms with Gasteiger partial charge in [0.25, 0.3) is 0 Å². The summed E-state index contributed by atoms with van der Waals surface area (Å²) in [6, 6.07) is 0. The van der Waals surface area contributed by atoms with Crippen LogP contribution in [0.25, 0.3) is 0 Å². The fraction of sp³-hybridized carbons (Fsp3) is 0.625. The molecule has 0 rings (SSSR count). The first kappa shape index (κ1) is 9.03. The minimum atomic E-state index is -0.718. The zero-order valence-corrected chi connectivity index (χ0v) is 6.18. The maximum Gasteiger partial charge on any atom is 0.303 e. The number of carboxylic acids is 1. The normalized spacial score (nSPS) is 8.10. The van der Waals surface area contributed by atoms with Crippen LogP contribution in [0.15, 0.2) is 0 Å². The lowest BCUT2D eigenvalue weighted by Crippen LogP contribution is -1.92. The van der Waals surface area contributed by atoms with Crippen molar-refractivity contribution in [3.05, 3.63) is 0 Å². The Morgan fingerprint density at radius 1 is 1.50 bits per heavy atom. The van der Waals surface area contributed by atoms with E-state index >= 15 is 0 Å². The lowest BCUT2D eigenvalue weighted by Gasteiger charge is -1.90. The minimum absolute atomic E-state index is 0.269. The third kappa shape index (κ3) is 7.03. The summed E-state index contributed by atoms with van der Waals surface area (Å²) < 4.78 is 0. The van der Waals surface area contributed by atoms with Crippen LogP contribution in [0.3, 0.4) is 0 Å². The second-order valence-corrected chi connectivity index (χ2v) is 2.03. The van der Waals surface area contributed by atoms with Crippen molar-refractivity contribution in [2.24, 2.45) is 0 Å². The second-order valence-electron chi connectivity index (χ2n) is 2.03. The third-order valence-electron chi connectivity index (χ3n) is 1.12. The Labute approximate surface area is 61.2 Å². The van der Waals surface area contributed by atoms with Crippen LogP contribution in [0.1, 0.15) is 32.6 Å². The van der Waals surface area contributed by atoms with Gasteiger partial charge >= 0.3 is 5.97 Å². The Hall–Kier alpha value is -0.970. The van der Waals surface area contributed by atoms with Crippen LogP contribution in [0.5, 0.6) is 0 Å². The number of hydrogen-bond acceptors (Lipinski definition) is 1. The topological polar surface area (TPSA) is 37.3 Å². The van der Waals surface area contributed by atoms with Crippen LogP contribution < -0.4 is 0 Å². The summed E-state index contributed by atoms with van der Waals surface area (Å²) >= 11 is 0. The van der Waals surface area contributed by atoms with Crippen LogP contribution in [-0.2, 0) is 4.79 Å². The summed E-state index contributed by atoms with van der Waals surface area (Å²) in [5.41, 5.74) is 0. The van der Waals surface area contributed by atoms with E-state index in [4.69, 9.17) is 5.11 Å². The monoisotopic (exact) mass is 140 g/mol. The van der Waals surface area contributed by atoms with Crippen molar-refractivity contribution < 1.29 is 9.90 Å². The Morgan fingerprint density at radius 2 is 2.20 bits per heavy atom. The van der Waals surface area contributed by atoms with Gasteiger partial charge in [0.2, 0.25) is 0 Å². The van der Waals surface area contributed by atoms with E-state index in [2.05, 4.69) is 11.8 Å². The molecule has 1 N–H and O–H groups in total. The number of unbranched alkanes of at least 4 members (excludes halogenated alkanes) is 2. The number of rotatable bonds is 4. The third-order valence-corrected chi connectivity index (χ3v) is 1.12. The van der Waals surface area contributed by atoms with Gasteiger partial charge in [-0.2, -0.15) is 0 Å². The van der Waals surface area contributed by atoms with E-state index in [9.17, 15) is 4.79 Å². The average molecular weight is 140 g/mol. The molecule has 0 fully saturated rings. The van der Waals surface area contributed by atoms with E-state index in [1.807, 2.05) is 0 Å². The van der Waals surface area contributed by atoms with E-state index in [1.165, 1.54) is 0 Å². The highest BCUT2D eigenvalue weighted by Crippen LogP contribution is 1.97. The molecule has 0 saturated heterocycles. The molecule has 0 atom stereocenters. The van der Waals surface area contributed by atoms with Crippen LogP contribution in [0, 0.1) is 11.8 Å². The fourth-order valence-electron chi connectivity index (χ4n) is 0.615. The zero-order chi connectivity index (χ0) is 7.82. The molecule has 0 aromatic carbocycles. The van der Waals surface area contributed by atoms with Crippen molar-refractivity contribution in [2.45, 2.75) is 32.6 Å². The molecule has 0 bridgehead atoms. The van der Waals surface area contributed by atoms with E-state index in [0.717, 1.165) is 19.3 Å². The van der Waals surface area contributed by atoms with Crippen molar-refractivity contribution in [1.29, 1.82) is 0 Å². The Balaban J connectivity index is 3.03. The first-order chi connectivity index (χ1) is 4.77. The molecule has 56 valence electrons. The molecule has 0 saturated carbocycles. The van der Waals surface area contributed by atoms with E-state index in [1.54, 1.807) is 6.92 Å². The quantitative estimate of drug-likeness (QED) is 0.476.